The maximum atomic E-state index is 9.86. The second-order valence-corrected chi connectivity index (χ2v) is 7.13. The van der Waals surface area contributed by atoms with E-state index < -0.39 is 0 Å². The Hall–Kier alpha value is -1.98. The number of phenolic OH excluding ortho intramolecular Hbond substituents is 1. The molecule has 1 aromatic heterocycles. The highest BCUT2D eigenvalue weighted by atomic mass is 16.3. The smallest absolute Gasteiger partial charge is 0.120 e. The Labute approximate surface area is 150 Å². The van der Waals surface area contributed by atoms with Crippen LogP contribution >= 0.6 is 0 Å². The molecule has 5 nitrogen and oxygen atoms in total. The van der Waals surface area contributed by atoms with Crippen molar-refractivity contribution in [3.8, 4) is 5.75 Å². The monoisotopic (exact) mass is 342 g/mol. The van der Waals surface area contributed by atoms with E-state index in [1.54, 1.807) is 6.07 Å². The van der Waals surface area contributed by atoms with Gasteiger partial charge in [-0.25, -0.2) is 0 Å². The van der Waals surface area contributed by atoms with Gasteiger partial charge in [-0.15, -0.1) is 0 Å². The van der Waals surface area contributed by atoms with E-state index >= 15 is 0 Å². The first kappa shape index (κ1) is 17.8. The van der Waals surface area contributed by atoms with Crippen molar-refractivity contribution < 1.29 is 5.11 Å². The van der Waals surface area contributed by atoms with Gasteiger partial charge in [-0.1, -0.05) is 6.07 Å². The summed E-state index contributed by atoms with van der Waals surface area (Å²) in [4.78, 5) is 4.96. The minimum atomic E-state index is 0.328. The number of nitrogens with one attached hydrogen (secondary N) is 1. The van der Waals surface area contributed by atoms with Crippen LogP contribution in [-0.2, 0) is 6.54 Å². The van der Waals surface area contributed by atoms with Crippen molar-refractivity contribution in [2.75, 3.05) is 45.1 Å². The summed E-state index contributed by atoms with van der Waals surface area (Å²) in [5.74, 6) is 0.328. The molecule has 5 heteroatoms. The van der Waals surface area contributed by atoms with Crippen LogP contribution in [0.4, 0.5) is 11.4 Å². The second kappa shape index (κ2) is 7.93. The Kier molecular flexibility index (Phi) is 5.66. The summed E-state index contributed by atoms with van der Waals surface area (Å²) in [6, 6.07) is 7.82. The number of aromatic nitrogens is 1. The van der Waals surface area contributed by atoms with E-state index in [1.807, 2.05) is 19.1 Å². The molecule has 25 heavy (non-hydrogen) atoms. The molecular formula is C20H30N4O. The fourth-order valence-electron chi connectivity index (χ4n) is 3.30. The summed E-state index contributed by atoms with van der Waals surface area (Å²) in [5.41, 5.74) is 4.14. The second-order valence-electron chi connectivity index (χ2n) is 7.13. The lowest BCUT2D eigenvalue weighted by Crippen LogP contribution is -2.44. The van der Waals surface area contributed by atoms with Crippen LogP contribution in [0.25, 0.3) is 0 Å². The molecule has 2 aromatic rings. The fraction of sp³-hybridized carbons (Fsp3) is 0.500. The van der Waals surface area contributed by atoms with Gasteiger partial charge in [-0.3, -0.25) is 0 Å². The van der Waals surface area contributed by atoms with Gasteiger partial charge in [0.05, 0.1) is 5.69 Å². The topological polar surface area (TPSA) is 43.7 Å². The summed E-state index contributed by atoms with van der Waals surface area (Å²) in [6.45, 7) is 11.0. The minimum absolute atomic E-state index is 0.328. The third-order valence-electron chi connectivity index (χ3n) is 5.20. The summed E-state index contributed by atoms with van der Waals surface area (Å²) >= 11 is 0. The SMILES string of the molecule is Cc1ccc(Nc2ccn(CCCN3CCN(C)CC3)c2C)cc1O. The lowest BCUT2D eigenvalue weighted by Gasteiger charge is -2.32. The van der Waals surface area contributed by atoms with E-state index in [1.165, 1.54) is 44.8 Å². The molecule has 1 fully saturated rings. The maximum absolute atomic E-state index is 9.86. The Morgan fingerprint density at radius 2 is 1.80 bits per heavy atom. The van der Waals surface area contributed by atoms with Gasteiger partial charge in [-0.05, 0) is 51.6 Å². The van der Waals surface area contributed by atoms with Gasteiger partial charge in [0.2, 0.25) is 0 Å². The molecule has 1 aromatic carbocycles. The number of phenols is 1. The van der Waals surface area contributed by atoms with E-state index in [-0.39, 0.29) is 0 Å². The first-order valence-electron chi connectivity index (χ1n) is 9.16. The number of likely N-dealkylation sites (N-methyl/N-ethyl adjacent to an activating group) is 1. The molecule has 136 valence electrons. The third kappa shape index (κ3) is 4.55. The quantitative estimate of drug-likeness (QED) is 0.846. The zero-order chi connectivity index (χ0) is 17.8. The van der Waals surface area contributed by atoms with Gasteiger partial charge in [0.1, 0.15) is 5.75 Å². The van der Waals surface area contributed by atoms with Crippen molar-refractivity contribution in [2.45, 2.75) is 26.8 Å². The number of nitrogens with zero attached hydrogens (tertiary/aromatic N) is 3. The number of piperazine rings is 1. The maximum Gasteiger partial charge on any atom is 0.120 e. The molecule has 0 radical (unpaired) electrons. The van der Waals surface area contributed by atoms with Crippen LogP contribution < -0.4 is 5.32 Å². The molecule has 3 rings (SSSR count). The predicted molar refractivity (Wildman–Crippen MR) is 104 cm³/mol. The molecule has 0 atom stereocenters. The van der Waals surface area contributed by atoms with Gasteiger partial charge in [0.15, 0.2) is 0 Å². The molecule has 0 amide bonds. The Balaban J connectivity index is 1.53. The van der Waals surface area contributed by atoms with E-state index in [2.05, 4.69) is 45.9 Å². The van der Waals surface area contributed by atoms with E-state index in [9.17, 15) is 5.11 Å². The molecule has 0 spiro atoms. The fourth-order valence-corrected chi connectivity index (χ4v) is 3.30. The van der Waals surface area contributed by atoms with E-state index in [0.29, 0.717) is 5.75 Å². The zero-order valence-corrected chi connectivity index (χ0v) is 15.6. The van der Waals surface area contributed by atoms with Crippen LogP contribution in [0.1, 0.15) is 17.7 Å². The average Bonchev–Trinajstić information content (AvgIpc) is 2.93. The van der Waals surface area contributed by atoms with Crippen LogP contribution in [0.5, 0.6) is 5.75 Å². The average molecular weight is 342 g/mol. The minimum Gasteiger partial charge on any atom is -0.508 e. The number of aromatic hydroxyl groups is 1. The van der Waals surface area contributed by atoms with Gasteiger partial charge in [-0.2, -0.15) is 0 Å². The molecule has 0 bridgehead atoms. The number of anilines is 2. The number of hydrogen-bond donors (Lipinski definition) is 2. The Morgan fingerprint density at radius 1 is 1.04 bits per heavy atom. The summed E-state index contributed by atoms with van der Waals surface area (Å²) < 4.78 is 2.31. The lowest BCUT2D eigenvalue weighted by atomic mass is 10.2. The number of rotatable bonds is 6. The molecule has 1 aliphatic rings. The predicted octanol–water partition coefficient (Wildman–Crippen LogP) is 3.19. The highest BCUT2D eigenvalue weighted by molar-refractivity contribution is 5.64. The van der Waals surface area contributed by atoms with Crippen LogP contribution in [-0.4, -0.2) is 59.2 Å². The van der Waals surface area contributed by atoms with E-state index in [0.717, 1.165) is 23.5 Å². The zero-order valence-electron chi connectivity index (χ0n) is 15.6. The molecule has 0 unspecified atom stereocenters. The summed E-state index contributed by atoms with van der Waals surface area (Å²) in [5, 5.41) is 13.3. The molecular weight excluding hydrogens is 312 g/mol. The van der Waals surface area contributed by atoms with Crippen LogP contribution in [0.15, 0.2) is 30.5 Å². The number of aryl methyl sites for hydroxylation is 2. The standard InChI is InChI=1S/C20H30N4O/c1-16-5-6-18(15-20(16)25)21-19-7-10-24(17(19)2)9-4-8-23-13-11-22(3)12-14-23/h5-7,10,15,21,25H,4,8-9,11-14H2,1-3H3. The number of benzene rings is 1. The van der Waals surface area contributed by atoms with Gasteiger partial charge < -0.3 is 24.8 Å². The first-order chi connectivity index (χ1) is 12.0. The lowest BCUT2D eigenvalue weighted by molar-refractivity contribution is 0.151. The van der Waals surface area contributed by atoms with Crippen molar-refractivity contribution in [1.82, 2.24) is 14.4 Å². The van der Waals surface area contributed by atoms with Crippen molar-refractivity contribution in [3.63, 3.8) is 0 Å². The Bertz CT molecular complexity index is 702. The molecule has 2 heterocycles. The normalized spacial score (nSPS) is 16.3. The van der Waals surface area contributed by atoms with Crippen LogP contribution in [0, 0.1) is 13.8 Å². The molecule has 0 saturated carbocycles. The molecule has 0 aliphatic carbocycles. The van der Waals surface area contributed by atoms with Crippen LogP contribution in [0.3, 0.4) is 0 Å². The van der Waals surface area contributed by atoms with Crippen molar-refractivity contribution in [2.24, 2.45) is 0 Å². The number of hydrogen-bond acceptors (Lipinski definition) is 4. The molecule has 1 saturated heterocycles. The molecule has 2 N–H and O–H groups in total. The Morgan fingerprint density at radius 3 is 2.52 bits per heavy atom. The van der Waals surface area contributed by atoms with Crippen molar-refractivity contribution >= 4 is 11.4 Å². The van der Waals surface area contributed by atoms with Gasteiger partial charge >= 0.3 is 0 Å². The highest BCUT2D eigenvalue weighted by Crippen LogP contribution is 2.26. The highest BCUT2D eigenvalue weighted by Gasteiger charge is 2.13. The third-order valence-corrected chi connectivity index (χ3v) is 5.20. The first-order valence-corrected chi connectivity index (χ1v) is 9.16. The summed E-state index contributed by atoms with van der Waals surface area (Å²) in [6.07, 6.45) is 3.32. The van der Waals surface area contributed by atoms with Gasteiger partial charge in [0, 0.05) is 56.4 Å². The summed E-state index contributed by atoms with van der Waals surface area (Å²) in [7, 11) is 2.20. The van der Waals surface area contributed by atoms with E-state index in [4.69, 9.17) is 0 Å². The van der Waals surface area contributed by atoms with Crippen molar-refractivity contribution in [3.05, 3.63) is 41.7 Å². The van der Waals surface area contributed by atoms with Crippen LogP contribution in [0.2, 0.25) is 0 Å². The van der Waals surface area contributed by atoms with Gasteiger partial charge in [0.25, 0.3) is 0 Å². The largest absolute Gasteiger partial charge is 0.508 e. The van der Waals surface area contributed by atoms with Crippen molar-refractivity contribution in [1.29, 1.82) is 0 Å². The molecule has 1 aliphatic heterocycles.